The van der Waals surface area contributed by atoms with E-state index in [4.69, 9.17) is 9.47 Å². The molecule has 2 nitrogen and oxygen atoms in total. The highest BCUT2D eigenvalue weighted by Gasteiger charge is 2.19. The molecular formula is C11H13O2. The molecule has 0 aliphatic carbocycles. The van der Waals surface area contributed by atoms with E-state index in [0.717, 1.165) is 12.0 Å². The summed E-state index contributed by atoms with van der Waals surface area (Å²) < 4.78 is 10.9. The first kappa shape index (κ1) is 8.73. The minimum Gasteiger partial charge on any atom is -0.346 e. The highest BCUT2D eigenvalue weighted by Crippen LogP contribution is 2.26. The van der Waals surface area contributed by atoms with Crippen LogP contribution in [0.15, 0.2) is 24.3 Å². The molecule has 1 saturated heterocycles. The third kappa shape index (κ3) is 1.74. The zero-order valence-electron chi connectivity index (χ0n) is 7.53. The summed E-state index contributed by atoms with van der Waals surface area (Å²) in [5.74, 6) is 0. The van der Waals surface area contributed by atoms with Crippen LogP contribution in [0.4, 0.5) is 0 Å². The van der Waals surface area contributed by atoms with E-state index in [9.17, 15) is 0 Å². The van der Waals surface area contributed by atoms with Gasteiger partial charge >= 0.3 is 0 Å². The smallest absolute Gasteiger partial charge is 0.184 e. The summed E-state index contributed by atoms with van der Waals surface area (Å²) >= 11 is 0. The quantitative estimate of drug-likeness (QED) is 0.688. The van der Waals surface area contributed by atoms with Gasteiger partial charge in [-0.15, -0.1) is 0 Å². The molecule has 1 aromatic rings. The Hall–Kier alpha value is -0.860. The molecule has 1 fully saturated rings. The molecule has 0 amide bonds. The molecule has 1 radical (unpaired) electrons. The lowest BCUT2D eigenvalue weighted by atomic mass is 10.1. The highest BCUT2D eigenvalue weighted by molar-refractivity contribution is 5.28. The van der Waals surface area contributed by atoms with E-state index in [2.05, 4.69) is 13.0 Å². The van der Waals surface area contributed by atoms with Gasteiger partial charge in [0.1, 0.15) is 0 Å². The summed E-state index contributed by atoms with van der Waals surface area (Å²) in [7, 11) is 0. The lowest BCUT2D eigenvalue weighted by molar-refractivity contribution is -0.0446. The molecule has 2 heteroatoms. The number of rotatable bonds is 2. The van der Waals surface area contributed by atoms with Gasteiger partial charge in [-0.3, -0.25) is 0 Å². The number of benzene rings is 1. The Morgan fingerprint density at radius 3 is 2.62 bits per heavy atom. The van der Waals surface area contributed by atoms with Gasteiger partial charge in [0.05, 0.1) is 13.2 Å². The van der Waals surface area contributed by atoms with Crippen molar-refractivity contribution in [3.63, 3.8) is 0 Å². The minimum absolute atomic E-state index is 0.169. The molecular weight excluding hydrogens is 164 g/mol. The number of hydrogen-bond donors (Lipinski definition) is 0. The van der Waals surface area contributed by atoms with Crippen molar-refractivity contribution in [1.29, 1.82) is 0 Å². The summed E-state index contributed by atoms with van der Waals surface area (Å²) in [4.78, 5) is 0. The van der Waals surface area contributed by atoms with E-state index >= 15 is 0 Å². The fourth-order valence-corrected chi connectivity index (χ4v) is 1.53. The standard InChI is InChI=1S/C11H13O2/c1-2-9-5-3-4-6-10(9)11-12-7-8-13-11/h3-6,11H,1-2,7-8H2. The molecule has 1 heterocycles. The van der Waals surface area contributed by atoms with Crippen LogP contribution in [0.5, 0.6) is 0 Å². The van der Waals surface area contributed by atoms with Crippen LogP contribution in [0.25, 0.3) is 0 Å². The molecule has 1 aliphatic rings. The normalized spacial score (nSPS) is 17.9. The van der Waals surface area contributed by atoms with E-state index in [1.54, 1.807) is 0 Å². The molecule has 0 saturated carbocycles. The van der Waals surface area contributed by atoms with Crippen molar-refractivity contribution in [3.05, 3.63) is 42.3 Å². The van der Waals surface area contributed by atoms with Crippen LogP contribution in [0.1, 0.15) is 17.4 Å². The van der Waals surface area contributed by atoms with Crippen LogP contribution in [0.2, 0.25) is 0 Å². The lowest BCUT2D eigenvalue weighted by Crippen LogP contribution is -2.01. The molecule has 1 aliphatic heterocycles. The van der Waals surface area contributed by atoms with Crippen molar-refractivity contribution in [3.8, 4) is 0 Å². The Morgan fingerprint density at radius 1 is 1.23 bits per heavy atom. The average Bonchev–Trinajstić information content (AvgIpc) is 2.70. The number of hydrogen-bond acceptors (Lipinski definition) is 2. The predicted molar refractivity (Wildman–Crippen MR) is 50.1 cm³/mol. The second-order valence-corrected chi connectivity index (χ2v) is 3.02. The first-order valence-corrected chi connectivity index (χ1v) is 4.52. The van der Waals surface area contributed by atoms with Crippen molar-refractivity contribution in [2.24, 2.45) is 0 Å². The molecule has 69 valence electrons. The topological polar surface area (TPSA) is 18.5 Å². The van der Waals surface area contributed by atoms with Crippen molar-refractivity contribution < 1.29 is 9.47 Å². The van der Waals surface area contributed by atoms with Crippen LogP contribution in [0, 0.1) is 6.92 Å². The molecule has 0 atom stereocenters. The van der Waals surface area contributed by atoms with Crippen LogP contribution in [-0.4, -0.2) is 13.2 Å². The number of ether oxygens (including phenoxy) is 2. The van der Waals surface area contributed by atoms with E-state index in [0.29, 0.717) is 13.2 Å². The van der Waals surface area contributed by atoms with Crippen molar-refractivity contribution in [2.45, 2.75) is 12.7 Å². The zero-order valence-corrected chi connectivity index (χ0v) is 7.53. The van der Waals surface area contributed by atoms with Gasteiger partial charge < -0.3 is 9.47 Å². The maximum atomic E-state index is 5.43. The van der Waals surface area contributed by atoms with Crippen LogP contribution >= 0.6 is 0 Å². The summed E-state index contributed by atoms with van der Waals surface area (Å²) in [5, 5.41) is 0. The van der Waals surface area contributed by atoms with Crippen LogP contribution < -0.4 is 0 Å². The molecule has 0 N–H and O–H groups in total. The first-order chi connectivity index (χ1) is 6.42. The summed E-state index contributed by atoms with van der Waals surface area (Å²) in [6.07, 6.45) is 0.609. The van der Waals surface area contributed by atoms with E-state index in [1.807, 2.05) is 18.2 Å². The fourth-order valence-electron chi connectivity index (χ4n) is 1.53. The van der Waals surface area contributed by atoms with Crippen LogP contribution in [-0.2, 0) is 15.9 Å². The average molecular weight is 177 g/mol. The van der Waals surface area contributed by atoms with Gasteiger partial charge in [-0.05, 0) is 18.9 Å². The summed E-state index contributed by atoms with van der Waals surface area (Å²) in [6.45, 7) is 5.26. The van der Waals surface area contributed by atoms with E-state index in [-0.39, 0.29) is 6.29 Å². The second kappa shape index (κ2) is 3.90. The molecule has 1 aromatic carbocycles. The highest BCUT2D eigenvalue weighted by atomic mass is 16.7. The summed E-state index contributed by atoms with van der Waals surface area (Å²) in [6, 6.07) is 8.11. The Balaban J connectivity index is 2.26. The third-order valence-corrected chi connectivity index (χ3v) is 2.20. The van der Waals surface area contributed by atoms with E-state index in [1.165, 1.54) is 5.56 Å². The van der Waals surface area contributed by atoms with Gasteiger partial charge in [0, 0.05) is 5.56 Å². The monoisotopic (exact) mass is 177 g/mol. The van der Waals surface area contributed by atoms with Gasteiger partial charge in [-0.2, -0.15) is 0 Å². The summed E-state index contributed by atoms with van der Waals surface area (Å²) in [5.41, 5.74) is 2.32. The third-order valence-electron chi connectivity index (χ3n) is 2.20. The second-order valence-electron chi connectivity index (χ2n) is 3.02. The molecule has 0 unspecified atom stereocenters. The maximum absolute atomic E-state index is 5.43. The van der Waals surface area contributed by atoms with Crippen molar-refractivity contribution >= 4 is 0 Å². The molecule has 2 rings (SSSR count). The maximum Gasteiger partial charge on any atom is 0.184 e. The van der Waals surface area contributed by atoms with Crippen molar-refractivity contribution in [2.75, 3.05) is 13.2 Å². The van der Waals surface area contributed by atoms with Crippen molar-refractivity contribution in [1.82, 2.24) is 0 Å². The van der Waals surface area contributed by atoms with Gasteiger partial charge in [-0.1, -0.05) is 24.3 Å². The molecule has 0 bridgehead atoms. The fraction of sp³-hybridized carbons (Fsp3) is 0.364. The molecule has 13 heavy (non-hydrogen) atoms. The molecule has 0 aromatic heterocycles. The van der Waals surface area contributed by atoms with Gasteiger partial charge in [0.25, 0.3) is 0 Å². The van der Waals surface area contributed by atoms with Crippen LogP contribution in [0.3, 0.4) is 0 Å². The van der Waals surface area contributed by atoms with E-state index < -0.39 is 0 Å². The van der Waals surface area contributed by atoms with Gasteiger partial charge in [0.2, 0.25) is 0 Å². The lowest BCUT2D eigenvalue weighted by Gasteiger charge is -2.12. The predicted octanol–water partition coefficient (Wildman–Crippen LogP) is 2.11. The minimum atomic E-state index is -0.169. The Labute approximate surface area is 78.5 Å². The Kier molecular flexibility index (Phi) is 2.62. The molecule has 0 spiro atoms. The Morgan fingerprint density at radius 2 is 1.92 bits per heavy atom. The first-order valence-electron chi connectivity index (χ1n) is 4.52. The zero-order chi connectivity index (χ0) is 9.10. The largest absolute Gasteiger partial charge is 0.346 e. The Bertz CT molecular complexity index is 277. The van der Waals surface area contributed by atoms with Gasteiger partial charge in [0.15, 0.2) is 6.29 Å². The van der Waals surface area contributed by atoms with Gasteiger partial charge in [-0.25, -0.2) is 0 Å². The SMILES string of the molecule is [CH2]Cc1ccccc1C1OCCO1.